The van der Waals surface area contributed by atoms with Crippen LogP contribution in [0.25, 0.3) is 45.3 Å². The molecule has 14 nitrogen and oxygen atoms in total. The molecule has 0 saturated heterocycles. The van der Waals surface area contributed by atoms with Crippen LogP contribution in [0, 0.1) is 11.6 Å². The molecule has 58 heavy (non-hydrogen) atoms. The number of alkyl halides is 6. The second-order valence-corrected chi connectivity index (χ2v) is 12.0. The predicted octanol–water partition coefficient (Wildman–Crippen LogP) is 4.81. The van der Waals surface area contributed by atoms with Crippen LogP contribution in [-0.4, -0.2) is 63.1 Å². The topological polar surface area (TPSA) is 199 Å². The molecule has 0 unspecified atom stereocenters. The molecule has 0 saturated carbocycles. The monoisotopic (exact) mass is 822 g/mol. The van der Waals surface area contributed by atoms with Gasteiger partial charge in [-0.25, -0.2) is 27.8 Å². The van der Waals surface area contributed by atoms with E-state index in [1.165, 1.54) is 0 Å². The number of hydrogen-bond acceptors (Lipinski definition) is 11. The fourth-order valence-electron chi connectivity index (χ4n) is 5.60. The number of carbonyl (C=O) groups is 2. The Bertz CT molecular complexity index is 2790. The summed E-state index contributed by atoms with van der Waals surface area (Å²) in [7, 11) is 0. The lowest BCUT2D eigenvalue weighted by Crippen LogP contribution is -2.30. The molecule has 0 radical (unpaired) electrons. The number of rotatable bonds is 9. The molecule has 4 aromatic heterocycles. The van der Waals surface area contributed by atoms with Crippen LogP contribution in [0.5, 0.6) is 0 Å². The third-order valence-corrected chi connectivity index (χ3v) is 8.19. The summed E-state index contributed by atoms with van der Waals surface area (Å²) in [5, 5.41) is 36.3. The number of pyridine rings is 2. The standard InChI is InChI=1S/C19H15F4N3O4.C17H11F4N3O4/c1-2-30-16(29)6-5-14(27)17-15(28)8-13(26-18(17)24-9-25-26)10-3-4-12(20)11(7-10)19(21,22)23;18-10-2-1-8(5-9(10)17(19,20)21)11-6-13(26)15(12(25)3-4-14(27)28)16-22-7-23-24(11)16/h3-4,7-9,27H,2,5-6H2,1H3;1-2,5-7,25H,3-4H2,(H,27,28). The van der Waals surface area contributed by atoms with Crippen LogP contribution in [0.15, 0.2) is 70.8 Å². The van der Waals surface area contributed by atoms with Gasteiger partial charge in [-0.1, -0.05) is 0 Å². The highest BCUT2D eigenvalue weighted by atomic mass is 19.4. The summed E-state index contributed by atoms with van der Waals surface area (Å²) < 4.78 is 112. The Morgan fingerprint density at radius 3 is 1.45 bits per heavy atom. The highest BCUT2D eigenvalue weighted by Gasteiger charge is 2.35. The third-order valence-electron chi connectivity index (χ3n) is 8.19. The summed E-state index contributed by atoms with van der Waals surface area (Å²) in [5.41, 5.74) is -5.25. The van der Waals surface area contributed by atoms with E-state index in [0.29, 0.717) is 24.3 Å². The van der Waals surface area contributed by atoms with Crippen LogP contribution in [-0.2, 0) is 26.7 Å². The van der Waals surface area contributed by atoms with Gasteiger partial charge in [0.05, 0.1) is 42.0 Å². The zero-order valence-electron chi connectivity index (χ0n) is 29.4. The molecule has 2 aromatic carbocycles. The van der Waals surface area contributed by atoms with Gasteiger partial charge in [0.15, 0.2) is 22.2 Å². The van der Waals surface area contributed by atoms with E-state index in [2.05, 4.69) is 20.2 Å². The first-order valence-corrected chi connectivity index (χ1v) is 16.5. The molecule has 6 rings (SSSR count). The zero-order valence-corrected chi connectivity index (χ0v) is 29.4. The largest absolute Gasteiger partial charge is 0.511 e. The molecule has 0 atom stereocenters. The molecular formula is C36H26F8N6O8. The minimum Gasteiger partial charge on any atom is -0.511 e. The van der Waals surface area contributed by atoms with Gasteiger partial charge >= 0.3 is 24.3 Å². The van der Waals surface area contributed by atoms with Gasteiger partial charge in [0.1, 0.15) is 46.2 Å². The average molecular weight is 823 g/mol. The number of aromatic nitrogens is 6. The molecule has 304 valence electrons. The van der Waals surface area contributed by atoms with Gasteiger partial charge in [0.25, 0.3) is 0 Å². The Morgan fingerprint density at radius 2 is 1.07 bits per heavy atom. The van der Waals surface area contributed by atoms with Crippen molar-refractivity contribution in [2.45, 2.75) is 45.0 Å². The molecule has 0 aliphatic rings. The van der Waals surface area contributed by atoms with Crippen molar-refractivity contribution in [3.05, 3.63) is 115 Å². The Hall–Kier alpha value is -7.00. The lowest BCUT2D eigenvalue weighted by atomic mass is 10.1. The number of nitrogens with zero attached hydrogens (tertiary/aromatic N) is 6. The number of benzene rings is 2. The molecule has 0 aliphatic heterocycles. The van der Waals surface area contributed by atoms with Crippen LogP contribution >= 0.6 is 0 Å². The van der Waals surface area contributed by atoms with Crippen molar-refractivity contribution in [3.63, 3.8) is 0 Å². The van der Waals surface area contributed by atoms with Gasteiger partial charge in [-0.2, -0.15) is 36.5 Å². The van der Waals surface area contributed by atoms with Gasteiger partial charge in [0, 0.05) is 36.1 Å². The maximum atomic E-state index is 13.6. The first-order valence-electron chi connectivity index (χ1n) is 16.5. The van der Waals surface area contributed by atoms with Crippen LogP contribution < -0.4 is 21.3 Å². The van der Waals surface area contributed by atoms with Crippen molar-refractivity contribution >= 4 is 34.8 Å². The van der Waals surface area contributed by atoms with Gasteiger partial charge in [-0.3, -0.25) is 19.2 Å². The number of halogens is 8. The van der Waals surface area contributed by atoms with E-state index in [0.717, 1.165) is 46.0 Å². The molecule has 0 amide bonds. The minimum absolute atomic E-state index is 0.0695. The number of carboxylic acid groups (broad SMARTS) is 1. The maximum absolute atomic E-state index is 13.6. The molecule has 22 heteroatoms. The quantitative estimate of drug-likeness (QED) is 0.133. The van der Waals surface area contributed by atoms with Crippen molar-refractivity contribution in [2.24, 2.45) is 0 Å². The lowest BCUT2D eigenvalue weighted by Gasteiger charge is -2.11. The summed E-state index contributed by atoms with van der Waals surface area (Å²) in [5.74, 6) is -5.66. The minimum atomic E-state index is -4.94. The van der Waals surface area contributed by atoms with E-state index in [1.807, 2.05) is 0 Å². The summed E-state index contributed by atoms with van der Waals surface area (Å²) in [6, 6.07) is 6.37. The summed E-state index contributed by atoms with van der Waals surface area (Å²) in [4.78, 5) is 54.9. The fraction of sp³-hybridized carbons (Fsp3) is 0.222. The van der Waals surface area contributed by atoms with Crippen LogP contribution in [0.2, 0.25) is 0 Å². The van der Waals surface area contributed by atoms with E-state index in [-0.39, 0.29) is 70.1 Å². The number of aliphatic carboxylic acids is 1. The molecule has 0 bridgehead atoms. The molecule has 0 spiro atoms. The SMILES string of the molecule is CCOC(=O)CCC(O)=c1c(=O)cc(-c2ccc(F)c(C(F)(F)F)c2)n2ncnc12.O=C(O)CCC(O)=c1c(=O)cc(-c2ccc(F)c(C(F)(F)F)c2)n2ncnc12. The average Bonchev–Trinajstić information content (AvgIpc) is 3.83. The van der Waals surface area contributed by atoms with Gasteiger partial charge in [-0.15, -0.1) is 0 Å². The second-order valence-electron chi connectivity index (χ2n) is 12.0. The number of esters is 1. The predicted molar refractivity (Wildman–Crippen MR) is 185 cm³/mol. The zero-order chi connectivity index (χ0) is 42.7. The Labute approximate surface area is 317 Å². The first-order chi connectivity index (χ1) is 27.2. The van der Waals surface area contributed by atoms with E-state index in [1.54, 1.807) is 6.92 Å². The van der Waals surface area contributed by atoms with E-state index in [4.69, 9.17) is 9.84 Å². The smallest absolute Gasteiger partial charge is 0.419 e. The number of fused-ring (bicyclic) bond motifs is 2. The number of aliphatic hydroxyl groups is 2. The summed E-state index contributed by atoms with van der Waals surface area (Å²) in [6.07, 6.45) is -8.99. The Kier molecular flexibility index (Phi) is 12.1. The number of carbonyl (C=O) groups excluding carboxylic acids is 1. The summed E-state index contributed by atoms with van der Waals surface area (Å²) in [6.45, 7) is 1.78. The van der Waals surface area contributed by atoms with Gasteiger partial charge in [0.2, 0.25) is 0 Å². The molecule has 0 fully saturated rings. The fourth-order valence-corrected chi connectivity index (χ4v) is 5.60. The van der Waals surface area contributed by atoms with Crippen molar-refractivity contribution in [1.29, 1.82) is 0 Å². The van der Waals surface area contributed by atoms with Crippen molar-refractivity contribution in [1.82, 2.24) is 29.2 Å². The maximum Gasteiger partial charge on any atom is 0.419 e. The van der Waals surface area contributed by atoms with E-state index >= 15 is 0 Å². The van der Waals surface area contributed by atoms with Gasteiger partial charge < -0.3 is 20.1 Å². The second kappa shape index (κ2) is 16.6. The lowest BCUT2D eigenvalue weighted by molar-refractivity contribution is -0.143. The molecule has 0 aliphatic carbocycles. The third kappa shape index (κ3) is 9.00. The Morgan fingerprint density at radius 1 is 0.655 bits per heavy atom. The van der Waals surface area contributed by atoms with E-state index < -0.39 is 75.8 Å². The normalized spacial score (nSPS) is 12.9. The van der Waals surface area contributed by atoms with Crippen LogP contribution in [0.3, 0.4) is 0 Å². The summed E-state index contributed by atoms with van der Waals surface area (Å²) >= 11 is 0. The highest BCUT2D eigenvalue weighted by Crippen LogP contribution is 2.35. The number of hydrogen-bond donors (Lipinski definition) is 3. The molecular weight excluding hydrogens is 796 g/mol. The van der Waals surface area contributed by atoms with Crippen molar-refractivity contribution in [3.8, 4) is 22.5 Å². The van der Waals surface area contributed by atoms with Gasteiger partial charge in [-0.05, 0) is 43.3 Å². The Balaban J connectivity index is 0.000000221. The highest BCUT2D eigenvalue weighted by molar-refractivity contribution is 5.72. The van der Waals surface area contributed by atoms with Crippen molar-refractivity contribution < 1.29 is 64.8 Å². The first kappa shape index (κ1) is 42.1. The molecule has 6 aromatic rings. The van der Waals surface area contributed by atoms with Crippen LogP contribution in [0.4, 0.5) is 35.1 Å². The van der Waals surface area contributed by atoms with Crippen LogP contribution in [0.1, 0.15) is 43.7 Å². The van der Waals surface area contributed by atoms with Crippen molar-refractivity contribution in [2.75, 3.05) is 6.61 Å². The number of ether oxygens (including phenoxy) is 1. The van der Waals surface area contributed by atoms with E-state index in [9.17, 15) is 64.5 Å². The number of carboxylic acids is 1. The molecule has 4 heterocycles. The molecule has 3 N–H and O–H groups in total. The number of aliphatic hydroxyl groups excluding tert-OH is 2.